The molecule has 0 radical (unpaired) electrons. The molecule has 2 saturated heterocycles. The smallest absolute Gasteiger partial charge is 0.417 e. The van der Waals surface area contributed by atoms with E-state index >= 15 is 0 Å². The topological polar surface area (TPSA) is 264 Å². The number of ether oxygens (including phenoxy) is 1. The van der Waals surface area contributed by atoms with Gasteiger partial charge in [-0.2, -0.15) is 13.2 Å². The Hall–Kier alpha value is -7.01. The predicted octanol–water partition coefficient (Wildman–Crippen LogP) is 5.72. The fraction of sp³-hybridized carbons (Fsp3) is 0.457. The third-order valence-electron chi connectivity index (χ3n) is 11.6. The van der Waals surface area contributed by atoms with E-state index in [0.29, 0.717) is 75.2 Å². The SMILES string of the molecule is C[C@H]1NC(=O)N[C@H]1CCCCCC(=O)NCCCn1cc(CCCC2(CCCC(=O)NCCNC(=O)c3cc(Oc4ccc(NC(=O)Nc5ccc(Cl)c(C(F)(F)F)c5)cc4)ccn3)NNC2=O)nn1. The van der Waals surface area contributed by atoms with Gasteiger partial charge in [-0.3, -0.25) is 34.3 Å². The van der Waals surface area contributed by atoms with Crippen LogP contribution in [0.4, 0.5) is 34.1 Å². The number of pyridine rings is 1. The summed E-state index contributed by atoms with van der Waals surface area (Å²) in [6, 6.07) is 11.4. The van der Waals surface area contributed by atoms with Crippen LogP contribution in [0.15, 0.2) is 67.0 Å². The van der Waals surface area contributed by atoms with Crippen molar-refractivity contribution >= 4 is 58.7 Å². The van der Waals surface area contributed by atoms with Gasteiger partial charge in [0, 0.05) is 74.9 Å². The van der Waals surface area contributed by atoms with Gasteiger partial charge in [0.2, 0.25) is 11.8 Å². The lowest BCUT2D eigenvalue weighted by molar-refractivity contribution is -0.141. The number of halogens is 4. The Morgan fingerprint density at radius 2 is 1.53 bits per heavy atom. The summed E-state index contributed by atoms with van der Waals surface area (Å²) in [5, 5.41) is 27.0. The number of nitrogens with one attached hydrogen (secondary N) is 9. The molecule has 70 heavy (non-hydrogen) atoms. The molecule has 3 atom stereocenters. The minimum absolute atomic E-state index is 0.0183. The summed E-state index contributed by atoms with van der Waals surface area (Å²) in [6.07, 6.45) is 6.19. The molecule has 9 N–H and O–H groups in total. The highest BCUT2D eigenvalue weighted by atomic mass is 35.5. The molecule has 2 fully saturated rings. The van der Waals surface area contributed by atoms with Crippen molar-refractivity contribution in [2.75, 3.05) is 30.3 Å². The standard InChI is InChI=1S/C46H57ClF3N13O7/c1-29-37(58-43(68)55-29)9-3-2-4-10-39(64)52-21-7-25-63-28-32(59-62-63)8-5-19-45(42(67)60-61-45)20-6-11-40(65)53-23-24-54-41(66)38-27-34(18-22-51-38)70-33-15-12-30(13-16-33)56-44(69)57-31-14-17-36(47)35(26-31)46(48,49)50/h12-18,22,26-29,37,61H,2-11,19-21,23-25H2,1H3,(H,52,64)(H,53,65)(H,54,66)(H,60,67)(H2,55,58,68)(H2,56,57,69)/t29-,37+,45?/m1/s1. The minimum Gasteiger partial charge on any atom is -0.457 e. The van der Waals surface area contributed by atoms with E-state index in [0.717, 1.165) is 43.5 Å². The summed E-state index contributed by atoms with van der Waals surface area (Å²) >= 11 is 5.64. The first-order valence-corrected chi connectivity index (χ1v) is 23.5. The van der Waals surface area contributed by atoms with Crippen molar-refractivity contribution in [3.8, 4) is 11.5 Å². The summed E-state index contributed by atoms with van der Waals surface area (Å²) in [5.74, 6) is -0.190. The van der Waals surface area contributed by atoms with Crippen molar-refractivity contribution in [2.24, 2.45) is 0 Å². The number of unbranched alkanes of at least 4 members (excludes halogenated alkanes) is 2. The van der Waals surface area contributed by atoms with Crippen LogP contribution in [0.2, 0.25) is 5.02 Å². The number of carbonyl (C=O) groups is 6. The van der Waals surface area contributed by atoms with E-state index in [1.54, 1.807) is 4.68 Å². The molecule has 0 aliphatic carbocycles. The van der Waals surface area contributed by atoms with Crippen LogP contribution >= 0.6 is 11.6 Å². The Labute approximate surface area is 406 Å². The fourth-order valence-electron chi connectivity index (χ4n) is 7.81. The van der Waals surface area contributed by atoms with Gasteiger partial charge in [-0.15, -0.1) is 5.10 Å². The molecule has 376 valence electrons. The van der Waals surface area contributed by atoms with Gasteiger partial charge in [0.15, 0.2) is 0 Å². The highest BCUT2D eigenvalue weighted by Crippen LogP contribution is 2.36. The maximum absolute atomic E-state index is 13.2. The molecule has 2 aliphatic rings. The third-order valence-corrected chi connectivity index (χ3v) is 12.0. The number of urea groups is 2. The fourth-order valence-corrected chi connectivity index (χ4v) is 8.04. The second-order valence-corrected chi connectivity index (χ2v) is 17.4. The number of aromatic nitrogens is 4. The zero-order chi connectivity index (χ0) is 50.1. The van der Waals surface area contributed by atoms with Crippen molar-refractivity contribution in [2.45, 2.75) is 114 Å². The number of carbonyl (C=O) groups excluding carboxylic acids is 6. The molecule has 0 spiro atoms. The van der Waals surface area contributed by atoms with Crippen LogP contribution in [0.1, 0.15) is 99.3 Å². The third kappa shape index (κ3) is 16.0. The highest BCUT2D eigenvalue weighted by molar-refractivity contribution is 6.31. The van der Waals surface area contributed by atoms with Gasteiger partial charge in [0.05, 0.1) is 22.3 Å². The first-order chi connectivity index (χ1) is 33.5. The molecule has 4 aromatic rings. The van der Waals surface area contributed by atoms with Crippen molar-refractivity contribution < 1.29 is 46.7 Å². The molecule has 0 bridgehead atoms. The normalized spacial score (nSPS) is 17.3. The van der Waals surface area contributed by atoms with Gasteiger partial charge < -0.3 is 42.0 Å². The summed E-state index contributed by atoms with van der Waals surface area (Å²) < 4.78 is 47.1. The molecule has 6 rings (SSSR count). The number of hydrazine groups is 1. The van der Waals surface area contributed by atoms with Crippen LogP contribution in [-0.2, 0) is 33.5 Å². The molecule has 20 nitrogen and oxygen atoms in total. The number of nitrogens with zero attached hydrogens (tertiary/aromatic N) is 4. The summed E-state index contributed by atoms with van der Waals surface area (Å²) in [6.45, 7) is 3.40. The second kappa shape index (κ2) is 25.0. The van der Waals surface area contributed by atoms with Crippen LogP contribution in [0.3, 0.4) is 0 Å². The van der Waals surface area contributed by atoms with Gasteiger partial charge in [-0.25, -0.2) is 15.0 Å². The van der Waals surface area contributed by atoms with Gasteiger partial charge in [0.25, 0.3) is 11.8 Å². The number of amides is 8. The number of alkyl halides is 3. The average molecular weight is 996 g/mol. The van der Waals surface area contributed by atoms with Crippen LogP contribution in [0, 0.1) is 0 Å². The Morgan fingerprint density at radius 3 is 2.24 bits per heavy atom. The first-order valence-electron chi connectivity index (χ1n) is 23.1. The summed E-state index contributed by atoms with van der Waals surface area (Å²) in [5.41, 5.74) is 4.85. The van der Waals surface area contributed by atoms with E-state index in [4.69, 9.17) is 16.3 Å². The van der Waals surface area contributed by atoms with E-state index in [1.807, 2.05) is 13.1 Å². The Bertz CT molecular complexity index is 2460. The maximum Gasteiger partial charge on any atom is 0.417 e. The van der Waals surface area contributed by atoms with Crippen LogP contribution in [0.5, 0.6) is 11.5 Å². The monoisotopic (exact) mass is 995 g/mol. The van der Waals surface area contributed by atoms with Crippen LogP contribution < -0.4 is 52.8 Å². The lowest BCUT2D eigenvalue weighted by atomic mass is 9.84. The van der Waals surface area contributed by atoms with Gasteiger partial charge in [-0.05, 0) is 107 Å². The summed E-state index contributed by atoms with van der Waals surface area (Å²) in [4.78, 5) is 78.2. The van der Waals surface area contributed by atoms with Gasteiger partial charge >= 0.3 is 18.2 Å². The highest BCUT2D eigenvalue weighted by Gasteiger charge is 2.45. The molecule has 8 amide bonds. The van der Waals surface area contributed by atoms with Gasteiger partial charge in [-0.1, -0.05) is 29.7 Å². The van der Waals surface area contributed by atoms with Crippen molar-refractivity contribution in [3.05, 3.63) is 89.0 Å². The van der Waals surface area contributed by atoms with Crippen molar-refractivity contribution in [1.82, 2.24) is 57.4 Å². The van der Waals surface area contributed by atoms with Crippen LogP contribution in [0.25, 0.3) is 0 Å². The number of rotatable bonds is 26. The molecule has 1 unspecified atom stereocenters. The van der Waals surface area contributed by atoms with Crippen LogP contribution in [-0.4, -0.2) is 92.9 Å². The maximum atomic E-state index is 13.2. The second-order valence-electron chi connectivity index (χ2n) is 17.0. The number of hydrogen-bond donors (Lipinski definition) is 9. The molecule has 2 aliphatic heterocycles. The first kappa shape index (κ1) is 52.4. The Kier molecular flexibility index (Phi) is 18.7. The molecule has 4 heterocycles. The van der Waals surface area contributed by atoms with Crippen molar-refractivity contribution in [3.63, 3.8) is 0 Å². The number of benzene rings is 2. The quantitative estimate of drug-likeness (QED) is 0.0344. The molecular formula is C46H57ClF3N13O7. The largest absolute Gasteiger partial charge is 0.457 e. The zero-order valence-corrected chi connectivity index (χ0v) is 39.2. The summed E-state index contributed by atoms with van der Waals surface area (Å²) in [7, 11) is 0. The van der Waals surface area contributed by atoms with E-state index < -0.39 is 34.2 Å². The number of hydrogen-bond acceptors (Lipinski definition) is 11. The van der Waals surface area contributed by atoms with Crippen molar-refractivity contribution in [1.29, 1.82) is 0 Å². The molecular weight excluding hydrogens is 939 g/mol. The number of anilines is 2. The molecule has 0 saturated carbocycles. The van der Waals surface area contributed by atoms with Gasteiger partial charge in [0.1, 0.15) is 22.7 Å². The Balaban J connectivity index is 0.804. The number of aryl methyl sites for hydroxylation is 2. The predicted molar refractivity (Wildman–Crippen MR) is 252 cm³/mol. The molecule has 24 heteroatoms. The molecule has 2 aromatic carbocycles. The van der Waals surface area contributed by atoms with E-state index in [9.17, 15) is 41.9 Å². The van der Waals surface area contributed by atoms with E-state index in [2.05, 4.69) is 63.4 Å². The minimum atomic E-state index is -4.69. The lowest BCUT2D eigenvalue weighted by Crippen LogP contribution is -2.74. The molecule has 2 aromatic heterocycles. The Morgan fingerprint density at radius 1 is 0.814 bits per heavy atom. The van der Waals surface area contributed by atoms with E-state index in [1.165, 1.54) is 48.7 Å². The van der Waals surface area contributed by atoms with E-state index in [-0.39, 0.29) is 66.7 Å². The average Bonchev–Trinajstić information content (AvgIpc) is 3.92. The zero-order valence-electron chi connectivity index (χ0n) is 38.5. The lowest BCUT2D eigenvalue weighted by Gasteiger charge is -2.42.